The summed E-state index contributed by atoms with van der Waals surface area (Å²) in [5.74, 6) is -0.561. The summed E-state index contributed by atoms with van der Waals surface area (Å²) in [6.45, 7) is 5.87. The Balaban J connectivity index is 1.36. The fourth-order valence-electron chi connectivity index (χ4n) is 4.71. The molecule has 0 fully saturated rings. The third kappa shape index (κ3) is 4.33. The molecule has 2 heterocycles. The zero-order valence-electron chi connectivity index (χ0n) is 21.2. The summed E-state index contributed by atoms with van der Waals surface area (Å²) in [5.41, 5.74) is 5.95. The number of fused-ring (bicyclic) bond motifs is 2. The van der Waals surface area contributed by atoms with Crippen LogP contribution < -0.4 is 9.64 Å². The number of hydrogen-bond donors (Lipinski definition) is 0. The first kappa shape index (κ1) is 24.2. The summed E-state index contributed by atoms with van der Waals surface area (Å²) in [5, 5.41) is 1.00. The van der Waals surface area contributed by atoms with Crippen LogP contribution in [0.5, 0.6) is 5.75 Å². The molecule has 7 heteroatoms. The van der Waals surface area contributed by atoms with Crippen molar-refractivity contribution in [1.29, 1.82) is 0 Å². The number of carbonyl (C=O) groups is 3. The van der Waals surface area contributed by atoms with Crippen LogP contribution in [0.1, 0.15) is 43.1 Å². The maximum atomic E-state index is 13.2. The topological polar surface area (TPSA) is 79.8 Å². The van der Waals surface area contributed by atoms with E-state index in [9.17, 15) is 14.4 Å². The molecule has 1 aromatic heterocycles. The van der Waals surface area contributed by atoms with Gasteiger partial charge in [0.15, 0.2) is 0 Å². The van der Waals surface area contributed by atoms with Crippen LogP contribution in [0.25, 0.3) is 10.9 Å². The predicted octanol–water partition coefficient (Wildman–Crippen LogP) is 5.00. The Labute approximate surface area is 215 Å². The molecular formula is C30H27N3O4. The first-order chi connectivity index (χ1) is 17.8. The minimum absolute atomic E-state index is 0.306. The van der Waals surface area contributed by atoms with Gasteiger partial charge in [-0.2, -0.15) is 0 Å². The summed E-state index contributed by atoms with van der Waals surface area (Å²) >= 11 is 0. The number of ether oxygens (including phenoxy) is 1. The van der Waals surface area contributed by atoms with Crippen LogP contribution in [-0.2, 0) is 11.4 Å². The lowest BCUT2D eigenvalue weighted by molar-refractivity contribution is -0.118. The van der Waals surface area contributed by atoms with E-state index in [0.717, 1.165) is 38.2 Å². The monoisotopic (exact) mass is 493 g/mol. The molecule has 0 bridgehead atoms. The highest BCUT2D eigenvalue weighted by Crippen LogP contribution is 2.30. The normalized spacial score (nSPS) is 12.7. The molecule has 0 spiro atoms. The minimum Gasteiger partial charge on any atom is -0.487 e. The van der Waals surface area contributed by atoms with Crippen molar-refractivity contribution in [3.05, 3.63) is 100 Å². The van der Waals surface area contributed by atoms with Crippen molar-refractivity contribution in [3.63, 3.8) is 0 Å². The molecule has 1 aliphatic heterocycles. The Kier molecular flexibility index (Phi) is 6.21. The van der Waals surface area contributed by atoms with E-state index in [4.69, 9.17) is 4.74 Å². The zero-order chi connectivity index (χ0) is 26.3. The Morgan fingerprint density at radius 1 is 0.892 bits per heavy atom. The number of pyridine rings is 1. The molecule has 0 N–H and O–H groups in total. The van der Waals surface area contributed by atoms with Crippen molar-refractivity contribution in [1.82, 2.24) is 9.88 Å². The standard InChI is InChI=1S/C30H27N3O4/c1-18-12-15-25(32(4)27(34)16-33-29(35)22-9-5-6-10-23(22)30(33)36)20(3)24(18)17-37-26-11-7-8-21-14-13-19(2)31-28(21)26/h5-15H,16-17H2,1-4H3. The number of nitrogens with zero attached hydrogens (tertiary/aromatic N) is 3. The second-order valence-corrected chi connectivity index (χ2v) is 9.27. The molecule has 5 rings (SSSR count). The van der Waals surface area contributed by atoms with Gasteiger partial charge in [-0.1, -0.05) is 36.4 Å². The van der Waals surface area contributed by atoms with Gasteiger partial charge in [-0.3, -0.25) is 19.3 Å². The van der Waals surface area contributed by atoms with Gasteiger partial charge < -0.3 is 9.64 Å². The van der Waals surface area contributed by atoms with E-state index in [1.807, 2.05) is 63.2 Å². The number of aromatic nitrogens is 1. The Morgan fingerprint density at radius 2 is 1.59 bits per heavy atom. The van der Waals surface area contributed by atoms with Gasteiger partial charge >= 0.3 is 0 Å². The van der Waals surface area contributed by atoms with Crippen molar-refractivity contribution in [2.45, 2.75) is 27.4 Å². The van der Waals surface area contributed by atoms with E-state index in [0.29, 0.717) is 29.2 Å². The third-order valence-electron chi connectivity index (χ3n) is 6.91. The molecule has 37 heavy (non-hydrogen) atoms. The number of carbonyl (C=O) groups excluding carboxylic acids is 3. The zero-order valence-corrected chi connectivity index (χ0v) is 21.2. The van der Waals surface area contributed by atoms with Gasteiger partial charge in [-0.25, -0.2) is 4.98 Å². The first-order valence-corrected chi connectivity index (χ1v) is 12.1. The van der Waals surface area contributed by atoms with Crippen LogP contribution in [0.15, 0.2) is 66.7 Å². The number of para-hydroxylation sites is 1. The molecule has 3 amide bonds. The predicted molar refractivity (Wildman–Crippen MR) is 142 cm³/mol. The molecule has 0 saturated heterocycles. The molecule has 1 aliphatic rings. The third-order valence-corrected chi connectivity index (χ3v) is 6.91. The molecule has 0 aliphatic carbocycles. The van der Waals surface area contributed by atoms with Crippen molar-refractivity contribution >= 4 is 34.3 Å². The second-order valence-electron chi connectivity index (χ2n) is 9.27. The van der Waals surface area contributed by atoms with Crippen LogP contribution in [0.2, 0.25) is 0 Å². The van der Waals surface area contributed by atoms with Crippen LogP contribution >= 0.6 is 0 Å². The van der Waals surface area contributed by atoms with E-state index in [2.05, 4.69) is 4.98 Å². The van der Waals surface area contributed by atoms with Gasteiger partial charge in [0.1, 0.15) is 24.4 Å². The number of anilines is 1. The summed E-state index contributed by atoms with van der Waals surface area (Å²) in [6, 6.07) is 20.3. The molecule has 0 saturated carbocycles. The van der Waals surface area contributed by atoms with Crippen molar-refractivity contribution in [3.8, 4) is 5.75 Å². The number of benzene rings is 3. The molecule has 7 nitrogen and oxygen atoms in total. The maximum Gasteiger partial charge on any atom is 0.262 e. The highest BCUT2D eigenvalue weighted by Gasteiger charge is 2.37. The van der Waals surface area contributed by atoms with Gasteiger partial charge in [-0.05, 0) is 67.8 Å². The lowest BCUT2D eigenvalue weighted by atomic mass is 10.0. The first-order valence-electron chi connectivity index (χ1n) is 12.1. The van der Waals surface area contributed by atoms with Crippen LogP contribution in [0.4, 0.5) is 5.69 Å². The largest absolute Gasteiger partial charge is 0.487 e. The lowest BCUT2D eigenvalue weighted by Gasteiger charge is -2.24. The number of imide groups is 1. The van der Waals surface area contributed by atoms with E-state index in [-0.39, 0.29) is 12.5 Å². The Bertz CT molecular complexity index is 1540. The van der Waals surface area contributed by atoms with E-state index in [1.54, 1.807) is 31.3 Å². The SMILES string of the molecule is Cc1ccc2cccc(OCc3c(C)ccc(N(C)C(=O)CN4C(=O)c5ccccc5C4=O)c3C)c2n1. The minimum atomic E-state index is -0.448. The number of likely N-dealkylation sites (N-methyl/N-ethyl adjacent to an activating group) is 1. The van der Waals surface area contributed by atoms with Crippen LogP contribution in [0.3, 0.4) is 0 Å². The van der Waals surface area contributed by atoms with Crippen LogP contribution in [-0.4, -0.2) is 41.2 Å². The summed E-state index contributed by atoms with van der Waals surface area (Å²) < 4.78 is 6.23. The quantitative estimate of drug-likeness (QED) is 0.353. The molecule has 0 radical (unpaired) electrons. The van der Waals surface area contributed by atoms with Gasteiger partial charge in [0.2, 0.25) is 5.91 Å². The average molecular weight is 494 g/mol. The number of amides is 3. The molecule has 4 aromatic rings. The highest BCUT2D eigenvalue weighted by atomic mass is 16.5. The lowest BCUT2D eigenvalue weighted by Crippen LogP contribution is -2.41. The fourth-order valence-corrected chi connectivity index (χ4v) is 4.71. The van der Waals surface area contributed by atoms with E-state index >= 15 is 0 Å². The van der Waals surface area contributed by atoms with E-state index < -0.39 is 11.8 Å². The van der Waals surface area contributed by atoms with Gasteiger partial charge in [-0.15, -0.1) is 0 Å². The number of aryl methyl sites for hydroxylation is 2. The van der Waals surface area contributed by atoms with E-state index in [1.165, 1.54) is 4.90 Å². The smallest absolute Gasteiger partial charge is 0.262 e. The number of hydrogen-bond acceptors (Lipinski definition) is 5. The average Bonchev–Trinajstić information content (AvgIpc) is 3.13. The van der Waals surface area contributed by atoms with Gasteiger partial charge in [0.05, 0.1) is 11.1 Å². The molecule has 0 atom stereocenters. The Morgan fingerprint density at radius 3 is 2.30 bits per heavy atom. The highest BCUT2D eigenvalue weighted by molar-refractivity contribution is 6.22. The summed E-state index contributed by atoms with van der Waals surface area (Å²) in [6.07, 6.45) is 0. The molecule has 0 unspecified atom stereocenters. The van der Waals surface area contributed by atoms with Crippen molar-refractivity contribution in [2.75, 3.05) is 18.5 Å². The van der Waals surface area contributed by atoms with Gasteiger partial charge in [0.25, 0.3) is 11.8 Å². The molecule has 3 aromatic carbocycles. The maximum absolute atomic E-state index is 13.2. The Hall–Kier alpha value is -4.52. The van der Waals surface area contributed by atoms with Crippen LogP contribution in [0, 0.1) is 20.8 Å². The van der Waals surface area contributed by atoms with Gasteiger partial charge in [0, 0.05) is 23.8 Å². The second kappa shape index (κ2) is 9.50. The summed E-state index contributed by atoms with van der Waals surface area (Å²) in [7, 11) is 1.65. The molecule has 186 valence electrons. The molecular weight excluding hydrogens is 466 g/mol. The van der Waals surface area contributed by atoms with Crippen molar-refractivity contribution in [2.24, 2.45) is 0 Å². The summed E-state index contributed by atoms with van der Waals surface area (Å²) in [4.78, 5) is 45.8. The fraction of sp³-hybridized carbons (Fsp3) is 0.200. The number of rotatable bonds is 6. The van der Waals surface area contributed by atoms with Crippen molar-refractivity contribution < 1.29 is 19.1 Å².